The predicted octanol–water partition coefficient (Wildman–Crippen LogP) is 3.46. The SMILES string of the molecule is CCCCCCCCCCCCC(C(=O)NC)C1=CC(=O)OC1O. The Bertz CT molecular complexity index is 420. The standard InChI is InChI=1S/C19H33NO4/c1-3-4-5-6-7-8-9-10-11-12-13-15(18(22)20-2)16-14-17(21)24-19(16)23/h14-15,19,23H,3-13H2,1-2H3,(H,20,22). The molecule has 138 valence electrons. The number of rotatable bonds is 13. The van der Waals surface area contributed by atoms with Crippen molar-refractivity contribution in [1.29, 1.82) is 0 Å². The van der Waals surface area contributed by atoms with Gasteiger partial charge in [-0.05, 0) is 6.42 Å². The van der Waals surface area contributed by atoms with Gasteiger partial charge in [0, 0.05) is 18.7 Å². The number of aliphatic hydroxyl groups is 1. The molecule has 1 amide bonds. The van der Waals surface area contributed by atoms with Gasteiger partial charge in [0.05, 0.1) is 5.92 Å². The number of unbranched alkanes of at least 4 members (excludes halogenated alkanes) is 9. The average Bonchev–Trinajstić information content (AvgIpc) is 2.90. The van der Waals surface area contributed by atoms with Crippen molar-refractivity contribution in [3.05, 3.63) is 11.6 Å². The Morgan fingerprint density at radius 3 is 2.12 bits per heavy atom. The second-order valence-corrected chi connectivity index (χ2v) is 6.57. The zero-order chi connectivity index (χ0) is 17.8. The molecule has 2 atom stereocenters. The van der Waals surface area contributed by atoms with E-state index in [0.717, 1.165) is 12.8 Å². The molecule has 0 radical (unpaired) electrons. The van der Waals surface area contributed by atoms with Crippen LogP contribution in [0.25, 0.3) is 0 Å². The van der Waals surface area contributed by atoms with Crippen molar-refractivity contribution in [2.75, 3.05) is 7.05 Å². The summed E-state index contributed by atoms with van der Waals surface area (Å²) in [5.41, 5.74) is 0.385. The van der Waals surface area contributed by atoms with E-state index in [2.05, 4.69) is 12.2 Å². The Labute approximate surface area is 145 Å². The maximum Gasteiger partial charge on any atom is 0.333 e. The van der Waals surface area contributed by atoms with Crippen molar-refractivity contribution in [2.24, 2.45) is 5.92 Å². The van der Waals surface area contributed by atoms with Crippen molar-refractivity contribution in [1.82, 2.24) is 5.32 Å². The molecule has 0 spiro atoms. The van der Waals surface area contributed by atoms with Gasteiger partial charge < -0.3 is 15.2 Å². The number of carbonyl (C=O) groups excluding carboxylic acids is 2. The molecule has 2 N–H and O–H groups in total. The smallest absolute Gasteiger partial charge is 0.333 e. The summed E-state index contributed by atoms with van der Waals surface area (Å²) >= 11 is 0. The Hall–Kier alpha value is -1.36. The van der Waals surface area contributed by atoms with E-state index in [9.17, 15) is 14.7 Å². The zero-order valence-electron chi connectivity index (χ0n) is 15.2. The Balaban J connectivity index is 2.21. The maximum absolute atomic E-state index is 12.0. The summed E-state index contributed by atoms with van der Waals surface area (Å²) in [6.45, 7) is 2.23. The highest BCUT2D eigenvalue weighted by atomic mass is 16.6. The van der Waals surface area contributed by atoms with Crippen LogP contribution in [0.5, 0.6) is 0 Å². The minimum Gasteiger partial charge on any atom is -0.429 e. The minimum atomic E-state index is -1.28. The molecule has 1 aliphatic rings. The third kappa shape index (κ3) is 7.47. The first-order valence-corrected chi connectivity index (χ1v) is 9.42. The Morgan fingerprint density at radius 2 is 1.67 bits per heavy atom. The fourth-order valence-electron chi connectivity index (χ4n) is 3.15. The summed E-state index contributed by atoms with van der Waals surface area (Å²) < 4.78 is 4.69. The molecule has 2 unspecified atom stereocenters. The summed E-state index contributed by atoms with van der Waals surface area (Å²) in [6, 6.07) is 0. The Morgan fingerprint density at radius 1 is 1.12 bits per heavy atom. The lowest BCUT2D eigenvalue weighted by atomic mass is 9.91. The fraction of sp³-hybridized carbons (Fsp3) is 0.789. The quantitative estimate of drug-likeness (QED) is 0.398. The summed E-state index contributed by atoms with van der Waals surface area (Å²) in [7, 11) is 1.57. The second kappa shape index (κ2) is 12.1. The molecule has 0 aromatic carbocycles. The summed E-state index contributed by atoms with van der Waals surface area (Å²) in [6.07, 6.45) is 12.9. The van der Waals surface area contributed by atoms with Gasteiger partial charge in [-0.15, -0.1) is 0 Å². The molecule has 5 nitrogen and oxygen atoms in total. The van der Waals surface area contributed by atoms with Gasteiger partial charge in [0.25, 0.3) is 0 Å². The van der Waals surface area contributed by atoms with Crippen LogP contribution < -0.4 is 5.32 Å². The number of aliphatic hydroxyl groups excluding tert-OH is 1. The number of ether oxygens (including phenoxy) is 1. The molecule has 0 bridgehead atoms. The first-order chi connectivity index (χ1) is 11.6. The number of cyclic esters (lactones) is 1. The minimum absolute atomic E-state index is 0.172. The number of hydrogen-bond donors (Lipinski definition) is 2. The molecular formula is C19H33NO4. The van der Waals surface area contributed by atoms with Crippen molar-refractivity contribution < 1.29 is 19.4 Å². The van der Waals surface area contributed by atoms with Gasteiger partial charge >= 0.3 is 5.97 Å². The van der Waals surface area contributed by atoms with Crippen LogP contribution in [0.3, 0.4) is 0 Å². The lowest BCUT2D eigenvalue weighted by Crippen LogP contribution is -2.31. The maximum atomic E-state index is 12.0. The van der Waals surface area contributed by atoms with Crippen LogP contribution >= 0.6 is 0 Å². The molecule has 0 aromatic rings. The highest BCUT2D eigenvalue weighted by Crippen LogP contribution is 2.27. The van der Waals surface area contributed by atoms with E-state index in [1.165, 1.54) is 57.4 Å². The van der Waals surface area contributed by atoms with E-state index < -0.39 is 18.2 Å². The highest BCUT2D eigenvalue weighted by Gasteiger charge is 2.33. The monoisotopic (exact) mass is 339 g/mol. The van der Waals surface area contributed by atoms with Crippen molar-refractivity contribution >= 4 is 11.9 Å². The normalized spacial score (nSPS) is 18.2. The molecule has 0 aliphatic carbocycles. The van der Waals surface area contributed by atoms with E-state index in [4.69, 9.17) is 4.74 Å². The van der Waals surface area contributed by atoms with Crippen LogP contribution in [0.15, 0.2) is 11.6 Å². The van der Waals surface area contributed by atoms with Crippen molar-refractivity contribution in [3.63, 3.8) is 0 Å². The van der Waals surface area contributed by atoms with Gasteiger partial charge in [-0.25, -0.2) is 4.79 Å². The van der Waals surface area contributed by atoms with Gasteiger partial charge in [0.15, 0.2) is 0 Å². The molecule has 1 heterocycles. The number of nitrogens with one attached hydrogen (secondary N) is 1. The van der Waals surface area contributed by atoms with Crippen LogP contribution in [-0.2, 0) is 14.3 Å². The molecule has 5 heteroatoms. The van der Waals surface area contributed by atoms with Crippen LogP contribution in [0.2, 0.25) is 0 Å². The van der Waals surface area contributed by atoms with Crippen molar-refractivity contribution in [2.45, 2.75) is 83.8 Å². The van der Waals surface area contributed by atoms with Gasteiger partial charge in [-0.1, -0.05) is 71.1 Å². The van der Waals surface area contributed by atoms with E-state index in [1.807, 2.05) is 0 Å². The summed E-state index contributed by atoms with van der Waals surface area (Å²) in [5, 5.41) is 12.3. The molecule has 0 saturated carbocycles. The van der Waals surface area contributed by atoms with E-state index >= 15 is 0 Å². The molecule has 0 aromatic heterocycles. The van der Waals surface area contributed by atoms with Crippen LogP contribution in [0, 0.1) is 5.92 Å². The van der Waals surface area contributed by atoms with Crippen LogP contribution in [0.1, 0.15) is 77.6 Å². The van der Waals surface area contributed by atoms with E-state index in [1.54, 1.807) is 7.05 Å². The van der Waals surface area contributed by atoms with E-state index in [-0.39, 0.29) is 5.91 Å². The first-order valence-electron chi connectivity index (χ1n) is 9.42. The molecule has 0 fully saturated rings. The molecule has 1 rings (SSSR count). The Kier molecular flexibility index (Phi) is 10.4. The van der Waals surface area contributed by atoms with Gasteiger partial charge in [-0.3, -0.25) is 4.79 Å². The summed E-state index contributed by atoms with van der Waals surface area (Å²) in [4.78, 5) is 23.2. The summed E-state index contributed by atoms with van der Waals surface area (Å²) in [5.74, 6) is -1.23. The average molecular weight is 339 g/mol. The lowest BCUT2D eigenvalue weighted by Gasteiger charge is -2.18. The molecular weight excluding hydrogens is 306 g/mol. The number of amides is 1. The fourth-order valence-corrected chi connectivity index (χ4v) is 3.15. The third-order valence-corrected chi connectivity index (χ3v) is 4.61. The number of esters is 1. The van der Waals surface area contributed by atoms with Gasteiger partial charge in [0.1, 0.15) is 0 Å². The third-order valence-electron chi connectivity index (χ3n) is 4.61. The molecule has 1 aliphatic heterocycles. The lowest BCUT2D eigenvalue weighted by molar-refractivity contribution is -0.152. The van der Waals surface area contributed by atoms with Gasteiger partial charge in [-0.2, -0.15) is 0 Å². The van der Waals surface area contributed by atoms with Gasteiger partial charge in [0.2, 0.25) is 12.2 Å². The topological polar surface area (TPSA) is 75.6 Å². The molecule has 24 heavy (non-hydrogen) atoms. The molecule has 0 saturated heterocycles. The van der Waals surface area contributed by atoms with Crippen LogP contribution in [0.4, 0.5) is 0 Å². The zero-order valence-corrected chi connectivity index (χ0v) is 15.2. The number of carbonyl (C=O) groups is 2. The number of hydrogen-bond acceptors (Lipinski definition) is 4. The predicted molar refractivity (Wildman–Crippen MR) is 94.2 cm³/mol. The highest BCUT2D eigenvalue weighted by molar-refractivity contribution is 5.89. The van der Waals surface area contributed by atoms with E-state index in [0.29, 0.717) is 12.0 Å². The van der Waals surface area contributed by atoms with Crippen molar-refractivity contribution in [3.8, 4) is 0 Å². The second-order valence-electron chi connectivity index (χ2n) is 6.57. The van der Waals surface area contributed by atoms with Crippen LogP contribution in [-0.4, -0.2) is 30.3 Å². The first kappa shape index (κ1) is 20.7. The largest absolute Gasteiger partial charge is 0.429 e.